The van der Waals surface area contributed by atoms with Gasteiger partial charge in [0.25, 0.3) is 5.91 Å². The second-order valence-electron chi connectivity index (χ2n) is 8.96. The first-order valence-electron chi connectivity index (χ1n) is 11.5. The van der Waals surface area contributed by atoms with Crippen molar-refractivity contribution >= 4 is 29.4 Å². The lowest BCUT2D eigenvalue weighted by molar-refractivity contribution is -0.139. The fourth-order valence-electron chi connectivity index (χ4n) is 4.84. The van der Waals surface area contributed by atoms with Crippen molar-refractivity contribution in [2.45, 2.75) is 37.8 Å². The molecule has 0 aromatic heterocycles. The van der Waals surface area contributed by atoms with Gasteiger partial charge in [-0.3, -0.25) is 14.5 Å². The fraction of sp³-hybridized carbons (Fsp3) is 0.400. The number of imide groups is 1. The maximum Gasteiger partial charge on any atom is 0.325 e. The highest BCUT2D eigenvalue weighted by Crippen LogP contribution is 2.38. The molecule has 0 unspecified atom stereocenters. The van der Waals surface area contributed by atoms with Crippen LogP contribution in [0.2, 0.25) is 5.02 Å². The van der Waals surface area contributed by atoms with Crippen LogP contribution in [0.25, 0.3) is 0 Å². The van der Waals surface area contributed by atoms with Gasteiger partial charge < -0.3 is 19.7 Å². The lowest BCUT2D eigenvalue weighted by Gasteiger charge is -2.27. The molecular formula is C25H26ClN3O5. The van der Waals surface area contributed by atoms with Crippen LogP contribution in [0, 0.1) is 0 Å². The number of ether oxygens (including phenoxy) is 2. The Labute approximate surface area is 202 Å². The number of rotatable bonds is 4. The summed E-state index contributed by atoms with van der Waals surface area (Å²) in [5.41, 5.74) is 0.315. The van der Waals surface area contributed by atoms with Crippen LogP contribution in [0.1, 0.15) is 43.4 Å². The number of nitrogens with one attached hydrogen (secondary N) is 1. The predicted molar refractivity (Wildman–Crippen MR) is 125 cm³/mol. The molecule has 0 spiro atoms. The Hall–Kier alpha value is -3.26. The molecule has 34 heavy (non-hydrogen) atoms. The lowest BCUT2D eigenvalue weighted by atomic mass is 9.92. The van der Waals surface area contributed by atoms with Gasteiger partial charge in [0.15, 0.2) is 11.5 Å². The van der Waals surface area contributed by atoms with Gasteiger partial charge in [0.2, 0.25) is 5.91 Å². The third-order valence-corrected chi connectivity index (χ3v) is 6.97. The van der Waals surface area contributed by atoms with E-state index in [2.05, 4.69) is 5.32 Å². The number of urea groups is 1. The van der Waals surface area contributed by atoms with Gasteiger partial charge in [-0.25, -0.2) is 4.79 Å². The second-order valence-corrected chi connectivity index (χ2v) is 9.39. The third kappa shape index (κ3) is 3.96. The van der Waals surface area contributed by atoms with Crippen molar-refractivity contribution in [1.29, 1.82) is 0 Å². The Kier molecular flexibility index (Phi) is 5.85. The van der Waals surface area contributed by atoms with Crippen molar-refractivity contribution in [3.05, 3.63) is 58.6 Å². The number of halogens is 1. The molecule has 0 bridgehead atoms. The quantitative estimate of drug-likeness (QED) is 0.671. The summed E-state index contributed by atoms with van der Waals surface area (Å²) in [6.45, 7) is 3.09. The average molecular weight is 484 g/mol. The van der Waals surface area contributed by atoms with Crippen molar-refractivity contribution in [3.63, 3.8) is 0 Å². The molecule has 9 heteroatoms. The van der Waals surface area contributed by atoms with Gasteiger partial charge in [-0.05, 0) is 55.2 Å². The van der Waals surface area contributed by atoms with Gasteiger partial charge in [0, 0.05) is 18.0 Å². The number of nitrogens with zero attached hydrogens (tertiary/aromatic N) is 2. The number of carbonyl (C=O) groups is 3. The predicted octanol–water partition coefficient (Wildman–Crippen LogP) is 3.63. The summed E-state index contributed by atoms with van der Waals surface area (Å²) in [5, 5.41) is 3.27. The molecule has 2 fully saturated rings. The van der Waals surface area contributed by atoms with E-state index in [-0.39, 0.29) is 18.5 Å². The van der Waals surface area contributed by atoms with Crippen molar-refractivity contribution in [2.75, 3.05) is 26.3 Å². The molecular weight excluding hydrogens is 458 g/mol. The van der Waals surface area contributed by atoms with E-state index in [4.69, 9.17) is 21.1 Å². The van der Waals surface area contributed by atoms with Gasteiger partial charge in [0.1, 0.15) is 12.1 Å². The van der Waals surface area contributed by atoms with Crippen LogP contribution in [0.5, 0.6) is 11.5 Å². The molecule has 2 saturated heterocycles. The fourth-order valence-corrected chi connectivity index (χ4v) is 4.97. The van der Waals surface area contributed by atoms with Crippen LogP contribution in [-0.2, 0) is 15.1 Å². The van der Waals surface area contributed by atoms with Crippen molar-refractivity contribution in [2.24, 2.45) is 0 Å². The minimum absolute atomic E-state index is 0.145. The summed E-state index contributed by atoms with van der Waals surface area (Å²) >= 11 is 5.96. The molecule has 0 saturated carbocycles. The largest absolute Gasteiger partial charge is 0.490 e. The average Bonchev–Trinajstić information content (AvgIpc) is 3.30. The first-order valence-corrected chi connectivity index (χ1v) is 11.8. The molecule has 2 aromatic rings. The number of hydrogen-bond donors (Lipinski definition) is 1. The summed E-state index contributed by atoms with van der Waals surface area (Å²) in [6, 6.07) is 11.8. The zero-order valence-corrected chi connectivity index (χ0v) is 19.6. The molecule has 2 atom stereocenters. The Morgan fingerprint density at radius 3 is 2.59 bits per heavy atom. The molecule has 178 valence electrons. The first-order chi connectivity index (χ1) is 16.4. The smallest absolute Gasteiger partial charge is 0.325 e. The molecule has 1 N–H and O–H groups in total. The highest BCUT2D eigenvalue weighted by atomic mass is 35.5. The molecule has 3 aliphatic rings. The van der Waals surface area contributed by atoms with E-state index in [9.17, 15) is 14.4 Å². The Balaban J connectivity index is 1.33. The Morgan fingerprint density at radius 1 is 1.09 bits per heavy atom. The minimum atomic E-state index is -1.25. The molecule has 3 aliphatic heterocycles. The van der Waals surface area contributed by atoms with Crippen LogP contribution >= 0.6 is 11.6 Å². The first kappa shape index (κ1) is 22.5. The summed E-state index contributed by atoms with van der Waals surface area (Å²) in [6.07, 6.45) is 2.46. The second kappa shape index (κ2) is 8.83. The van der Waals surface area contributed by atoms with E-state index >= 15 is 0 Å². The van der Waals surface area contributed by atoms with Gasteiger partial charge in [-0.15, -0.1) is 0 Å². The normalized spacial score (nSPS) is 24.2. The standard InChI is InChI=1S/C25H26ClN3O5/c1-25(17-6-8-18(26)9-7-17)23(31)29(24(32)27-25)15-22(30)28-11-2-4-19(28)16-5-10-20-21(14-16)34-13-3-12-33-20/h5-10,14,19H,2-4,11-13,15H2,1H3,(H,27,32)/t19-,25-/m1/s1. The lowest BCUT2D eigenvalue weighted by Crippen LogP contribution is -2.44. The summed E-state index contributed by atoms with van der Waals surface area (Å²) in [5.74, 6) is 0.665. The van der Waals surface area contributed by atoms with Gasteiger partial charge >= 0.3 is 6.03 Å². The van der Waals surface area contributed by atoms with Crippen molar-refractivity contribution in [1.82, 2.24) is 15.1 Å². The van der Waals surface area contributed by atoms with E-state index in [0.29, 0.717) is 41.8 Å². The maximum absolute atomic E-state index is 13.3. The van der Waals surface area contributed by atoms with Crippen molar-refractivity contribution in [3.8, 4) is 11.5 Å². The minimum Gasteiger partial charge on any atom is -0.490 e. The number of likely N-dealkylation sites (tertiary alicyclic amines) is 1. The van der Waals surface area contributed by atoms with E-state index in [0.717, 1.165) is 29.7 Å². The number of fused-ring (bicyclic) bond motifs is 1. The van der Waals surface area contributed by atoms with Crippen LogP contribution in [0.3, 0.4) is 0 Å². The van der Waals surface area contributed by atoms with Crippen LogP contribution in [0.15, 0.2) is 42.5 Å². The van der Waals surface area contributed by atoms with Gasteiger partial charge in [-0.1, -0.05) is 29.8 Å². The zero-order chi connectivity index (χ0) is 23.9. The van der Waals surface area contributed by atoms with E-state index in [1.165, 1.54) is 0 Å². The van der Waals surface area contributed by atoms with E-state index in [1.807, 2.05) is 18.2 Å². The Bertz CT molecular complexity index is 1140. The third-order valence-electron chi connectivity index (χ3n) is 6.72. The highest BCUT2D eigenvalue weighted by molar-refractivity contribution is 6.30. The Morgan fingerprint density at radius 2 is 1.82 bits per heavy atom. The molecule has 3 heterocycles. The number of carbonyl (C=O) groups excluding carboxylic acids is 3. The van der Waals surface area contributed by atoms with Crippen LogP contribution in [0.4, 0.5) is 4.79 Å². The number of benzene rings is 2. The summed E-state index contributed by atoms with van der Waals surface area (Å²) in [4.78, 5) is 42.0. The summed E-state index contributed by atoms with van der Waals surface area (Å²) in [7, 11) is 0. The van der Waals surface area contributed by atoms with Gasteiger partial charge in [-0.2, -0.15) is 0 Å². The maximum atomic E-state index is 13.3. The topological polar surface area (TPSA) is 88.2 Å². The van der Waals surface area contributed by atoms with Crippen LogP contribution < -0.4 is 14.8 Å². The molecule has 0 radical (unpaired) electrons. The molecule has 4 amide bonds. The molecule has 5 rings (SSSR count). The molecule has 2 aromatic carbocycles. The molecule has 8 nitrogen and oxygen atoms in total. The zero-order valence-electron chi connectivity index (χ0n) is 18.9. The van der Waals surface area contributed by atoms with Crippen LogP contribution in [-0.4, -0.2) is 53.9 Å². The highest BCUT2D eigenvalue weighted by Gasteiger charge is 2.50. The van der Waals surface area contributed by atoms with E-state index < -0.39 is 17.5 Å². The molecule has 0 aliphatic carbocycles. The van der Waals surface area contributed by atoms with Gasteiger partial charge in [0.05, 0.1) is 19.3 Å². The van der Waals surface area contributed by atoms with E-state index in [1.54, 1.807) is 36.1 Å². The van der Waals surface area contributed by atoms with Crippen molar-refractivity contribution < 1.29 is 23.9 Å². The number of hydrogen-bond acceptors (Lipinski definition) is 5. The number of amides is 4. The monoisotopic (exact) mass is 483 g/mol. The summed E-state index contributed by atoms with van der Waals surface area (Å²) < 4.78 is 11.5. The SMILES string of the molecule is C[C@]1(c2ccc(Cl)cc2)NC(=O)N(CC(=O)N2CCC[C@@H]2c2ccc3c(c2)OCCCO3)C1=O.